The predicted molar refractivity (Wildman–Crippen MR) is 135 cm³/mol. The topological polar surface area (TPSA) is 128 Å². The number of hydrogen-bond acceptors (Lipinski definition) is 8. The predicted octanol–water partition coefficient (Wildman–Crippen LogP) is 2.94. The minimum Gasteiger partial charge on any atom is -0.480 e. The number of H-pyrrole nitrogens is 1. The molecular weight excluding hydrogens is 498 g/mol. The number of hydrogen-bond donors (Lipinski definition) is 3. The first-order chi connectivity index (χ1) is 17.4. The number of carboxylic acids is 1. The van der Waals surface area contributed by atoms with Gasteiger partial charge in [-0.1, -0.05) is 18.2 Å². The average Bonchev–Trinajstić information content (AvgIpc) is 3.67. The van der Waals surface area contributed by atoms with Gasteiger partial charge >= 0.3 is 5.97 Å². The molecule has 4 unspecified atom stereocenters. The van der Waals surface area contributed by atoms with Gasteiger partial charge in [-0.05, 0) is 18.6 Å². The molecule has 1 aromatic carbocycles. The van der Waals surface area contributed by atoms with Crippen molar-refractivity contribution in [3.63, 3.8) is 0 Å². The molecule has 2 aliphatic heterocycles. The van der Waals surface area contributed by atoms with E-state index in [9.17, 15) is 19.5 Å². The Hall–Kier alpha value is -3.41. The van der Waals surface area contributed by atoms with Crippen molar-refractivity contribution < 1.29 is 19.5 Å². The minimum atomic E-state index is -1.66. The van der Waals surface area contributed by atoms with Gasteiger partial charge in [0.1, 0.15) is 10.5 Å². The van der Waals surface area contributed by atoms with Gasteiger partial charge in [0, 0.05) is 52.9 Å². The van der Waals surface area contributed by atoms with Crippen LogP contribution in [0.2, 0.25) is 0 Å². The summed E-state index contributed by atoms with van der Waals surface area (Å²) in [6.07, 6.45) is 3.96. The average molecular weight is 522 g/mol. The summed E-state index contributed by atoms with van der Waals surface area (Å²) in [4.78, 5) is 54.6. The lowest BCUT2D eigenvalue weighted by atomic mass is 9.76. The number of aryl methyl sites for hydroxylation is 1. The number of likely N-dealkylation sites (tertiary alicyclic amines) is 1. The molecule has 0 spiro atoms. The van der Waals surface area contributed by atoms with E-state index in [1.54, 1.807) is 23.3 Å². The molecule has 6 rings (SSSR count). The van der Waals surface area contributed by atoms with Gasteiger partial charge in [-0.3, -0.25) is 24.6 Å². The van der Waals surface area contributed by atoms with Gasteiger partial charge in [0.25, 0.3) is 0 Å². The van der Waals surface area contributed by atoms with E-state index < -0.39 is 35.3 Å². The van der Waals surface area contributed by atoms with Crippen LogP contribution in [0.1, 0.15) is 27.2 Å². The Labute approximate surface area is 214 Å². The highest BCUT2D eigenvalue weighted by Gasteiger charge is 2.68. The highest BCUT2D eigenvalue weighted by Crippen LogP contribution is 2.50. The van der Waals surface area contributed by atoms with Crippen LogP contribution >= 0.6 is 22.7 Å². The maximum atomic E-state index is 13.8. The van der Waals surface area contributed by atoms with Crippen LogP contribution in [0.5, 0.6) is 0 Å². The van der Waals surface area contributed by atoms with Crippen LogP contribution < -0.4 is 5.32 Å². The quantitative estimate of drug-likeness (QED) is 0.319. The monoisotopic (exact) mass is 521 g/mol. The van der Waals surface area contributed by atoms with Gasteiger partial charge in [-0.15, -0.1) is 22.7 Å². The molecule has 5 heterocycles. The first-order valence-corrected chi connectivity index (χ1v) is 13.4. The number of fused-ring (bicyclic) bond motifs is 2. The molecule has 0 radical (unpaired) electrons. The second kappa shape index (κ2) is 8.61. The minimum absolute atomic E-state index is 0.0518. The second-order valence-corrected chi connectivity index (χ2v) is 11.1. The SMILES string of the molecule is Cc1ncsc1CCN1C(=O)C2C(c3nccs3)NC(Cc3c[nH]c4ccccc34)(C(=O)O)C2C1=O. The molecule has 3 aromatic heterocycles. The van der Waals surface area contributed by atoms with Gasteiger partial charge in [0.15, 0.2) is 0 Å². The van der Waals surface area contributed by atoms with Crippen molar-refractivity contribution >= 4 is 51.4 Å². The Morgan fingerprint density at radius 2 is 2.03 bits per heavy atom. The Kier molecular flexibility index (Phi) is 5.51. The lowest BCUT2D eigenvalue weighted by molar-refractivity contribution is -0.151. The number of thiazole rings is 2. The Morgan fingerprint density at radius 3 is 2.75 bits per heavy atom. The number of carbonyl (C=O) groups excluding carboxylic acids is 2. The van der Waals surface area contributed by atoms with Crippen molar-refractivity contribution in [3.05, 3.63) is 68.7 Å². The summed E-state index contributed by atoms with van der Waals surface area (Å²) in [7, 11) is 0. The molecule has 2 amide bonds. The molecule has 11 heteroatoms. The van der Waals surface area contributed by atoms with Gasteiger partial charge < -0.3 is 10.1 Å². The number of carboxylic acid groups (broad SMARTS) is 1. The summed E-state index contributed by atoms with van der Waals surface area (Å²) >= 11 is 2.83. The van der Waals surface area contributed by atoms with E-state index in [0.717, 1.165) is 27.0 Å². The number of aromatic amines is 1. The van der Waals surface area contributed by atoms with E-state index in [1.165, 1.54) is 27.6 Å². The van der Waals surface area contributed by atoms with E-state index in [1.807, 2.05) is 31.2 Å². The van der Waals surface area contributed by atoms with Gasteiger partial charge in [-0.2, -0.15) is 0 Å². The third kappa shape index (κ3) is 3.41. The fourth-order valence-corrected chi connectivity index (χ4v) is 7.18. The number of nitrogens with zero attached hydrogens (tertiary/aromatic N) is 3. The number of aromatic nitrogens is 3. The molecule has 2 fully saturated rings. The largest absolute Gasteiger partial charge is 0.480 e. The summed E-state index contributed by atoms with van der Waals surface area (Å²) in [6.45, 7) is 2.09. The van der Waals surface area contributed by atoms with E-state index in [2.05, 4.69) is 20.3 Å². The fraction of sp³-hybridized carbons (Fsp3) is 0.320. The van der Waals surface area contributed by atoms with Gasteiger partial charge in [0.05, 0.1) is 29.1 Å². The van der Waals surface area contributed by atoms with Crippen LogP contribution in [-0.2, 0) is 27.2 Å². The highest BCUT2D eigenvalue weighted by atomic mass is 32.1. The molecule has 184 valence electrons. The summed E-state index contributed by atoms with van der Waals surface area (Å²) < 4.78 is 0. The maximum absolute atomic E-state index is 13.8. The molecule has 2 saturated heterocycles. The third-order valence-electron chi connectivity index (χ3n) is 7.40. The molecule has 4 atom stereocenters. The Balaban J connectivity index is 1.41. The molecule has 4 aromatic rings. The highest BCUT2D eigenvalue weighted by molar-refractivity contribution is 7.10. The molecule has 3 N–H and O–H groups in total. The van der Waals surface area contributed by atoms with E-state index in [0.29, 0.717) is 11.4 Å². The summed E-state index contributed by atoms with van der Waals surface area (Å²) in [6, 6.07) is 6.97. The molecule has 0 aliphatic carbocycles. The Bertz CT molecular complexity index is 1480. The first-order valence-electron chi connectivity index (χ1n) is 11.6. The zero-order valence-corrected chi connectivity index (χ0v) is 20.9. The number of amides is 2. The van der Waals surface area contributed by atoms with E-state index in [4.69, 9.17) is 0 Å². The fourth-order valence-electron chi connectivity index (χ4n) is 5.67. The Morgan fingerprint density at radius 1 is 1.19 bits per heavy atom. The van der Waals surface area contributed by atoms with E-state index >= 15 is 0 Å². The molecule has 0 saturated carbocycles. The van der Waals surface area contributed by atoms with Gasteiger partial charge in [-0.25, -0.2) is 9.97 Å². The number of imide groups is 1. The lowest BCUT2D eigenvalue weighted by Crippen LogP contribution is -2.57. The van der Waals surface area contributed by atoms with Crippen molar-refractivity contribution in [3.8, 4) is 0 Å². The van der Waals surface area contributed by atoms with Crippen LogP contribution in [0.25, 0.3) is 10.9 Å². The maximum Gasteiger partial charge on any atom is 0.325 e. The first kappa shape index (κ1) is 23.0. The van der Waals surface area contributed by atoms with E-state index in [-0.39, 0.29) is 18.9 Å². The molecule has 9 nitrogen and oxygen atoms in total. The summed E-state index contributed by atoms with van der Waals surface area (Å²) in [5, 5.41) is 17.1. The number of para-hydroxylation sites is 1. The molecule has 2 aliphatic rings. The number of carbonyl (C=O) groups is 3. The van der Waals surface area contributed by atoms with Crippen LogP contribution in [0.3, 0.4) is 0 Å². The molecule has 0 bridgehead atoms. The number of nitrogens with one attached hydrogen (secondary N) is 2. The smallest absolute Gasteiger partial charge is 0.325 e. The standard InChI is InChI=1S/C25H23N5O4S2/c1-13-17(36-12-28-13)6-8-30-22(31)18-19(23(30)32)25(24(33)34,29-20(18)21-26-7-9-35-21)10-14-11-27-16-5-3-2-4-15(14)16/h2-5,7,9,11-12,18-20,27,29H,6,8,10H2,1H3,(H,33,34). The van der Waals surface area contributed by atoms with Crippen molar-refractivity contribution in [2.45, 2.75) is 31.3 Å². The summed E-state index contributed by atoms with van der Waals surface area (Å²) in [5.41, 5.74) is 2.62. The van der Waals surface area contributed by atoms with Crippen molar-refractivity contribution in [1.29, 1.82) is 0 Å². The number of aliphatic carboxylic acids is 1. The van der Waals surface area contributed by atoms with Crippen LogP contribution in [-0.4, -0.2) is 54.8 Å². The summed E-state index contributed by atoms with van der Waals surface area (Å²) in [5.74, 6) is -3.83. The zero-order valence-electron chi connectivity index (χ0n) is 19.3. The number of rotatable bonds is 7. The number of benzene rings is 1. The molecule has 36 heavy (non-hydrogen) atoms. The van der Waals surface area contributed by atoms with Crippen LogP contribution in [0.4, 0.5) is 0 Å². The third-order valence-corrected chi connectivity index (χ3v) is 9.25. The van der Waals surface area contributed by atoms with Crippen molar-refractivity contribution in [1.82, 2.24) is 25.2 Å². The second-order valence-electron chi connectivity index (χ2n) is 9.25. The zero-order chi connectivity index (χ0) is 25.0. The normalized spacial score (nSPS) is 25.7. The molecular formula is C25H23N5O4S2. The van der Waals surface area contributed by atoms with Crippen LogP contribution in [0, 0.1) is 18.8 Å². The van der Waals surface area contributed by atoms with Crippen molar-refractivity contribution in [2.24, 2.45) is 11.8 Å². The lowest BCUT2D eigenvalue weighted by Gasteiger charge is -2.31. The van der Waals surface area contributed by atoms with Crippen molar-refractivity contribution in [2.75, 3.05) is 6.54 Å². The van der Waals surface area contributed by atoms with Gasteiger partial charge in [0.2, 0.25) is 11.8 Å². The van der Waals surface area contributed by atoms with Crippen LogP contribution in [0.15, 0.2) is 47.5 Å².